The van der Waals surface area contributed by atoms with Crippen LogP contribution in [-0.4, -0.2) is 47.7 Å². The molecule has 0 radical (unpaired) electrons. The van der Waals surface area contributed by atoms with Crippen molar-refractivity contribution in [1.82, 2.24) is 10.2 Å². The monoisotopic (exact) mass is 230 g/mol. The van der Waals surface area contributed by atoms with Gasteiger partial charge in [0, 0.05) is 12.1 Å². The fourth-order valence-electron chi connectivity index (χ4n) is 1.35. The summed E-state index contributed by atoms with van der Waals surface area (Å²) in [5.41, 5.74) is -0.373. The molecule has 2 N–H and O–H groups in total. The number of carbonyl (C=O) groups is 1. The summed E-state index contributed by atoms with van der Waals surface area (Å²) in [4.78, 5) is 13.7. The number of aliphatic hydroxyl groups excluding tert-OH is 1. The van der Waals surface area contributed by atoms with E-state index in [1.165, 1.54) is 0 Å². The van der Waals surface area contributed by atoms with E-state index in [1.54, 1.807) is 0 Å². The van der Waals surface area contributed by atoms with Crippen LogP contribution in [0.2, 0.25) is 0 Å². The Balaban J connectivity index is 4.21. The quantitative estimate of drug-likeness (QED) is 0.641. The standard InChI is InChI=1S/C12H26N2O2/c1-6-7-8-13-11(16)10(2)14(5)12(3,4)9-15/h10,15H,6-9H2,1-5H3,(H,13,16). The number of aliphatic hydroxyl groups is 1. The van der Waals surface area contributed by atoms with Crippen molar-refractivity contribution in [2.75, 3.05) is 20.2 Å². The Bertz CT molecular complexity index is 217. The molecule has 0 aliphatic rings. The van der Waals surface area contributed by atoms with Crippen molar-refractivity contribution in [2.45, 2.75) is 52.1 Å². The molecule has 0 bridgehead atoms. The lowest BCUT2D eigenvalue weighted by atomic mass is 10.0. The van der Waals surface area contributed by atoms with E-state index in [-0.39, 0.29) is 24.1 Å². The predicted molar refractivity (Wildman–Crippen MR) is 66.3 cm³/mol. The van der Waals surface area contributed by atoms with E-state index in [2.05, 4.69) is 12.2 Å². The third kappa shape index (κ3) is 4.49. The summed E-state index contributed by atoms with van der Waals surface area (Å²) in [7, 11) is 1.86. The fraction of sp³-hybridized carbons (Fsp3) is 0.917. The second-order valence-electron chi connectivity index (χ2n) is 4.90. The van der Waals surface area contributed by atoms with Gasteiger partial charge in [-0.05, 0) is 34.2 Å². The van der Waals surface area contributed by atoms with Crippen molar-refractivity contribution in [3.8, 4) is 0 Å². The molecule has 0 heterocycles. The number of nitrogens with zero attached hydrogens (tertiary/aromatic N) is 1. The maximum atomic E-state index is 11.8. The fourth-order valence-corrected chi connectivity index (χ4v) is 1.35. The van der Waals surface area contributed by atoms with Gasteiger partial charge in [0.2, 0.25) is 5.91 Å². The Labute approximate surface area is 99.0 Å². The van der Waals surface area contributed by atoms with Crippen LogP contribution < -0.4 is 5.32 Å². The summed E-state index contributed by atoms with van der Waals surface area (Å²) in [6.45, 7) is 8.56. The molecule has 1 unspecified atom stereocenters. The van der Waals surface area contributed by atoms with Crippen molar-refractivity contribution in [2.24, 2.45) is 0 Å². The second-order valence-corrected chi connectivity index (χ2v) is 4.90. The topological polar surface area (TPSA) is 52.6 Å². The molecule has 4 heteroatoms. The molecule has 1 atom stereocenters. The molecule has 0 fully saturated rings. The highest BCUT2D eigenvalue weighted by atomic mass is 16.3. The molecule has 0 aliphatic carbocycles. The minimum Gasteiger partial charge on any atom is -0.394 e. The number of likely N-dealkylation sites (N-methyl/N-ethyl adjacent to an activating group) is 1. The van der Waals surface area contributed by atoms with Crippen LogP contribution in [-0.2, 0) is 4.79 Å². The lowest BCUT2D eigenvalue weighted by Gasteiger charge is -2.37. The first-order valence-corrected chi connectivity index (χ1v) is 5.98. The normalized spacial score (nSPS) is 13.9. The number of carbonyl (C=O) groups excluding carboxylic acids is 1. The summed E-state index contributed by atoms with van der Waals surface area (Å²) in [6.07, 6.45) is 2.08. The number of rotatable bonds is 7. The molecule has 0 aliphatic heterocycles. The Morgan fingerprint density at radius 2 is 2.06 bits per heavy atom. The van der Waals surface area contributed by atoms with Gasteiger partial charge in [-0.2, -0.15) is 0 Å². The molecule has 16 heavy (non-hydrogen) atoms. The van der Waals surface area contributed by atoms with Crippen molar-refractivity contribution < 1.29 is 9.90 Å². The third-order valence-electron chi connectivity index (χ3n) is 3.13. The van der Waals surface area contributed by atoms with Gasteiger partial charge in [-0.1, -0.05) is 13.3 Å². The first-order chi connectivity index (χ1) is 7.36. The zero-order valence-corrected chi connectivity index (χ0v) is 11.2. The molecule has 4 nitrogen and oxygen atoms in total. The van der Waals surface area contributed by atoms with E-state index in [9.17, 15) is 9.90 Å². The van der Waals surface area contributed by atoms with E-state index >= 15 is 0 Å². The Morgan fingerprint density at radius 3 is 2.50 bits per heavy atom. The minimum atomic E-state index is -0.373. The first kappa shape index (κ1) is 15.4. The minimum absolute atomic E-state index is 0.0254. The van der Waals surface area contributed by atoms with Gasteiger partial charge in [-0.3, -0.25) is 9.69 Å². The zero-order chi connectivity index (χ0) is 12.8. The van der Waals surface area contributed by atoms with Crippen LogP contribution in [0.1, 0.15) is 40.5 Å². The molecule has 0 saturated carbocycles. The van der Waals surface area contributed by atoms with Crippen LogP contribution in [0.5, 0.6) is 0 Å². The van der Waals surface area contributed by atoms with Gasteiger partial charge >= 0.3 is 0 Å². The Kier molecular flexibility index (Phi) is 6.60. The van der Waals surface area contributed by atoms with E-state index in [4.69, 9.17) is 0 Å². The van der Waals surface area contributed by atoms with Crippen LogP contribution in [0.15, 0.2) is 0 Å². The average Bonchev–Trinajstić information content (AvgIpc) is 2.27. The van der Waals surface area contributed by atoms with Crippen LogP contribution in [0, 0.1) is 0 Å². The van der Waals surface area contributed by atoms with E-state index in [1.807, 2.05) is 32.7 Å². The van der Waals surface area contributed by atoms with Gasteiger partial charge in [0.25, 0.3) is 0 Å². The highest BCUT2D eigenvalue weighted by Gasteiger charge is 2.29. The molecule has 0 aromatic heterocycles. The second kappa shape index (κ2) is 6.86. The van der Waals surface area contributed by atoms with Gasteiger partial charge in [0.05, 0.1) is 12.6 Å². The summed E-state index contributed by atoms with van der Waals surface area (Å²) >= 11 is 0. The van der Waals surface area contributed by atoms with Crippen molar-refractivity contribution in [3.05, 3.63) is 0 Å². The molecule has 0 rings (SSSR count). The number of hydrogen-bond acceptors (Lipinski definition) is 3. The molecular weight excluding hydrogens is 204 g/mol. The molecule has 1 amide bonds. The number of nitrogens with one attached hydrogen (secondary N) is 1. The predicted octanol–water partition coefficient (Wildman–Crippen LogP) is 0.994. The van der Waals surface area contributed by atoms with Gasteiger partial charge in [-0.25, -0.2) is 0 Å². The SMILES string of the molecule is CCCCNC(=O)C(C)N(C)C(C)(C)CO. The van der Waals surface area contributed by atoms with Gasteiger partial charge in [0.15, 0.2) is 0 Å². The highest BCUT2D eigenvalue weighted by molar-refractivity contribution is 5.81. The molecule has 0 spiro atoms. The molecule has 0 aromatic carbocycles. The molecular formula is C12H26N2O2. The highest BCUT2D eigenvalue weighted by Crippen LogP contribution is 2.14. The largest absolute Gasteiger partial charge is 0.394 e. The first-order valence-electron chi connectivity index (χ1n) is 5.98. The number of amides is 1. The van der Waals surface area contributed by atoms with Crippen LogP contribution in [0.4, 0.5) is 0 Å². The Hall–Kier alpha value is -0.610. The summed E-state index contributed by atoms with van der Waals surface area (Å²) in [6, 6.07) is -0.223. The van der Waals surface area contributed by atoms with Gasteiger partial charge in [-0.15, -0.1) is 0 Å². The van der Waals surface area contributed by atoms with Crippen molar-refractivity contribution in [3.63, 3.8) is 0 Å². The van der Waals surface area contributed by atoms with Crippen LogP contribution >= 0.6 is 0 Å². The summed E-state index contributed by atoms with van der Waals surface area (Å²) in [5, 5.41) is 12.1. The maximum absolute atomic E-state index is 11.8. The summed E-state index contributed by atoms with van der Waals surface area (Å²) in [5.74, 6) is 0.0254. The molecule has 0 saturated heterocycles. The maximum Gasteiger partial charge on any atom is 0.237 e. The summed E-state index contributed by atoms with van der Waals surface area (Å²) < 4.78 is 0. The lowest BCUT2D eigenvalue weighted by molar-refractivity contribution is -0.127. The van der Waals surface area contributed by atoms with E-state index in [0.717, 1.165) is 19.4 Å². The number of unbranched alkanes of at least 4 members (excludes halogenated alkanes) is 1. The zero-order valence-electron chi connectivity index (χ0n) is 11.2. The average molecular weight is 230 g/mol. The lowest BCUT2D eigenvalue weighted by Crippen LogP contribution is -2.54. The molecule has 0 aromatic rings. The molecule has 96 valence electrons. The smallest absolute Gasteiger partial charge is 0.237 e. The van der Waals surface area contributed by atoms with Crippen molar-refractivity contribution >= 4 is 5.91 Å². The third-order valence-corrected chi connectivity index (χ3v) is 3.13. The van der Waals surface area contributed by atoms with Gasteiger partial charge < -0.3 is 10.4 Å². The van der Waals surface area contributed by atoms with E-state index < -0.39 is 0 Å². The Morgan fingerprint density at radius 1 is 1.50 bits per heavy atom. The van der Waals surface area contributed by atoms with Gasteiger partial charge in [0.1, 0.15) is 0 Å². The van der Waals surface area contributed by atoms with Crippen molar-refractivity contribution in [1.29, 1.82) is 0 Å². The van der Waals surface area contributed by atoms with Crippen LogP contribution in [0.3, 0.4) is 0 Å². The van der Waals surface area contributed by atoms with E-state index in [0.29, 0.717) is 0 Å². The van der Waals surface area contributed by atoms with Crippen LogP contribution in [0.25, 0.3) is 0 Å². The number of hydrogen-bond donors (Lipinski definition) is 2.